The minimum absolute atomic E-state index is 0.249. The second-order valence-electron chi connectivity index (χ2n) is 2.13. The Morgan fingerprint density at radius 1 is 1.45 bits per heavy atom. The predicted octanol–water partition coefficient (Wildman–Crippen LogP) is 2.59. The van der Waals surface area contributed by atoms with Crippen molar-refractivity contribution >= 4 is 29.2 Å². The summed E-state index contributed by atoms with van der Waals surface area (Å²) in [7, 11) is 0. The first-order valence-electron chi connectivity index (χ1n) is 3.16. The van der Waals surface area contributed by atoms with E-state index in [1.807, 2.05) is 31.2 Å². The molecule has 0 saturated carbocycles. The summed E-state index contributed by atoms with van der Waals surface area (Å²) in [5.74, 6) is 0.771. The highest BCUT2D eigenvalue weighted by Gasteiger charge is 1.97. The summed E-state index contributed by atoms with van der Waals surface area (Å²) in [4.78, 5) is 0. The number of aryl methyl sites for hydroxylation is 1. The summed E-state index contributed by atoms with van der Waals surface area (Å²) in [6.07, 6.45) is 0. The molecule has 0 atom stereocenters. The van der Waals surface area contributed by atoms with Crippen molar-refractivity contribution in [2.75, 3.05) is 0 Å². The Labute approximate surface area is 76.8 Å². The number of para-hydroxylation sites is 1. The van der Waals surface area contributed by atoms with E-state index in [9.17, 15) is 0 Å². The fraction of sp³-hybridized carbons (Fsp3) is 0.125. The molecule has 0 aromatic heterocycles. The van der Waals surface area contributed by atoms with E-state index in [0.717, 1.165) is 11.3 Å². The van der Waals surface area contributed by atoms with E-state index >= 15 is 0 Å². The van der Waals surface area contributed by atoms with Gasteiger partial charge in [-0.2, -0.15) is 0 Å². The predicted molar refractivity (Wildman–Crippen MR) is 53.4 cm³/mol. The van der Waals surface area contributed by atoms with E-state index in [0.29, 0.717) is 0 Å². The van der Waals surface area contributed by atoms with Gasteiger partial charge < -0.3 is 4.74 Å². The van der Waals surface area contributed by atoms with Crippen molar-refractivity contribution in [3.05, 3.63) is 29.8 Å². The minimum atomic E-state index is 0.249. The van der Waals surface area contributed by atoms with Crippen molar-refractivity contribution in [3.8, 4) is 5.75 Å². The lowest BCUT2D eigenvalue weighted by atomic mass is 10.2. The molecule has 0 aliphatic rings. The third-order valence-electron chi connectivity index (χ3n) is 1.29. The smallest absolute Gasteiger partial charge is 0.222 e. The van der Waals surface area contributed by atoms with Crippen molar-refractivity contribution in [2.24, 2.45) is 0 Å². The standard InChI is InChI=1S/C8H8OS2/c1-6-4-2-3-5-7(6)9-8(10)11/h2-5H,1H3,(H,10,11). The topological polar surface area (TPSA) is 9.23 Å². The van der Waals surface area contributed by atoms with Gasteiger partial charge in [0.1, 0.15) is 5.75 Å². The Morgan fingerprint density at radius 3 is 2.64 bits per heavy atom. The average Bonchev–Trinajstić information content (AvgIpc) is 1.93. The van der Waals surface area contributed by atoms with Crippen LogP contribution in [-0.4, -0.2) is 4.38 Å². The van der Waals surface area contributed by atoms with E-state index in [4.69, 9.17) is 4.74 Å². The SMILES string of the molecule is Cc1ccccc1OC(=S)S. The molecule has 0 unspecified atom stereocenters. The molecule has 1 rings (SSSR count). The van der Waals surface area contributed by atoms with Crippen molar-refractivity contribution < 1.29 is 4.74 Å². The Bertz CT molecular complexity index is 271. The van der Waals surface area contributed by atoms with Gasteiger partial charge in [-0.3, -0.25) is 0 Å². The first-order valence-corrected chi connectivity index (χ1v) is 4.02. The molecule has 0 aliphatic heterocycles. The first kappa shape index (κ1) is 8.56. The largest absolute Gasteiger partial charge is 0.440 e. The van der Waals surface area contributed by atoms with Gasteiger partial charge in [0.2, 0.25) is 4.38 Å². The van der Waals surface area contributed by atoms with Gasteiger partial charge >= 0.3 is 0 Å². The van der Waals surface area contributed by atoms with Crippen LogP contribution in [0.25, 0.3) is 0 Å². The maximum atomic E-state index is 5.14. The van der Waals surface area contributed by atoms with Crippen LogP contribution in [-0.2, 0) is 0 Å². The van der Waals surface area contributed by atoms with E-state index in [2.05, 4.69) is 24.8 Å². The fourth-order valence-electron chi connectivity index (χ4n) is 0.765. The van der Waals surface area contributed by atoms with Gasteiger partial charge in [-0.05, 0) is 30.8 Å². The summed E-state index contributed by atoms with van der Waals surface area (Å²) in [6.45, 7) is 1.96. The van der Waals surface area contributed by atoms with Gasteiger partial charge in [0.25, 0.3) is 0 Å². The van der Waals surface area contributed by atoms with Gasteiger partial charge in [0, 0.05) is 0 Å². The first-order chi connectivity index (χ1) is 5.20. The Morgan fingerprint density at radius 2 is 2.09 bits per heavy atom. The van der Waals surface area contributed by atoms with Crippen LogP contribution in [0.3, 0.4) is 0 Å². The van der Waals surface area contributed by atoms with Crippen molar-refractivity contribution in [1.29, 1.82) is 0 Å². The molecular formula is C8H8OS2. The molecular weight excluding hydrogens is 176 g/mol. The number of rotatable bonds is 1. The average molecular weight is 184 g/mol. The fourth-order valence-corrected chi connectivity index (χ4v) is 0.953. The van der Waals surface area contributed by atoms with Gasteiger partial charge in [-0.1, -0.05) is 30.8 Å². The second kappa shape index (κ2) is 3.74. The highest BCUT2D eigenvalue weighted by atomic mass is 32.1. The normalized spacial score (nSPS) is 9.27. The summed E-state index contributed by atoms with van der Waals surface area (Å²) < 4.78 is 5.39. The van der Waals surface area contributed by atoms with Crippen LogP contribution >= 0.6 is 24.8 Å². The number of benzene rings is 1. The number of thiocarbonyl (C=S) groups is 1. The molecule has 0 N–H and O–H groups in total. The molecule has 0 amide bonds. The summed E-state index contributed by atoms with van der Waals surface area (Å²) in [5, 5.41) is 0. The third-order valence-corrected chi connectivity index (χ3v) is 1.47. The molecule has 58 valence electrons. The molecule has 1 aromatic rings. The highest BCUT2D eigenvalue weighted by Crippen LogP contribution is 2.16. The third kappa shape index (κ3) is 2.52. The molecule has 0 saturated heterocycles. The lowest BCUT2D eigenvalue weighted by molar-refractivity contribution is 0.574. The van der Waals surface area contributed by atoms with Crippen molar-refractivity contribution in [3.63, 3.8) is 0 Å². The van der Waals surface area contributed by atoms with Crippen molar-refractivity contribution in [2.45, 2.75) is 6.92 Å². The van der Waals surface area contributed by atoms with Crippen LogP contribution in [0, 0.1) is 6.92 Å². The summed E-state index contributed by atoms with van der Waals surface area (Å²) in [5.41, 5.74) is 1.06. The maximum absolute atomic E-state index is 5.14. The zero-order valence-electron chi connectivity index (χ0n) is 6.07. The number of thiol groups is 1. The van der Waals surface area contributed by atoms with Gasteiger partial charge in [0.05, 0.1) is 0 Å². The quantitative estimate of drug-likeness (QED) is 0.530. The number of hydrogen-bond acceptors (Lipinski definition) is 2. The zero-order valence-corrected chi connectivity index (χ0v) is 7.78. The van der Waals surface area contributed by atoms with Crippen LogP contribution in [0.2, 0.25) is 0 Å². The Hall–Kier alpha value is -0.540. The van der Waals surface area contributed by atoms with Crippen molar-refractivity contribution in [1.82, 2.24) is 0 Å². The molecule has 0 heterocycles. The lowest BCUT2D eigenvalue weighted by Crippen LogP contribution is -1.96. The summed E-state index contributed by atoms with van der Waals surface area (Å²) in [6, 6.07) is 7.66. The zero-order chi connectivity index (χ0) is 8.27. The minimum Gasteiger partial charge on any atom is -0.440 e. The molecule has 0 spiro atoms. The van der Waals surface area contributed by atoms with Crippen LogP contribution in [0.1, 0.15) is 5.56 Å². The van der Waals surface area contributed by atoms with Gasteiger partial charge in [-0.25, -0.2) is 0 Å². The molecule has 1 nitrogen and oxygen atoms in total. The summed E-state index contributed by atoms with van der Waals surface area (Å²) >= 11 is 8.55. The molecule has 0 aliphatic carbocycles. The molecule has 1 aromatic carbocycles. The van der Waals surface area contributed by atoms with E-state index in [1.54, 1.807) is 0 Å². The highest BCUT2D eigenvalue weighted by molar-refractivity contribution is 8.10. The van der Waals surface area contributed by atoms with Crippen LogP contribution in [0.5, 0.6) is 5.75 Å². The molecule has 3 heteroatoms. The van der Waals surface area contributed by atoms with E-state index in [-0.39, 0.29) is 4.38 Å². The second-order valence-corrected chi connectivity index (χ2v) is 3.21. The molecule has 0 bridgehead atoms. The molecule has 11 heavy (non-hydrogen) atoms. The van der Waals surface area contributed by atoms with Gasteiger partial charge in [-0.15, -0.1) is 0 Å². The Balaban J connectivity index is 2.86. The van der Waals surface area contributed by atoms with E-state index < -0.39 is 0 Å². The van der Waals surface area contributed by atoms with Crippen LogP contribution in [0.15, 0.2) is 24.3 Å². The number of hydrogen-bond donors (Lipinski definition) is 1. The maximum Gasteiger partial charge on any atom is 0.222 e. The molecule has 0 radical (unpaired) electrons. The molecule has 0 fully saturated rings. The van der Waals surface area contributed by atoms with Crippen LogP contribution in [0.4, 0.5) is 0 Å². The van der Waals surface area contributed by atoms with E-state index in [1.165, 1.54) is 0 Å². The van der Waals surface area contributed by atoms with Gasteiger partial charge in [0.15, 0.2) is 0 Å². The number of ether oxygens (including phenoxy) is 1. The monoisotopic (exact) mass is 184 g/mol. The van der Waals surface area contributed by atoms with Crippen LogP contribution < -0.4 is 4.74 Å². The Kier molecular flexibility index (Phi) is 2.91. The lowest BCUT2D eigenvalue weighted by Gasteiger charge is -2.04.